The lowest BCUT2D eigenvalue weighted by atomic mass is 9.87. The second-order valence-electron chi connectivity index (χ2n) is 5.83. The molecule has 0 spiro atoms. The molecule has 0 saturated heterocycles. The number of hydrogen-bond donors (Lipinski definition) is 2. The minimum atomic E-state index is 0.279. The van der Waals surface area contributed by atoms with Crippen LogP contribution in [0.2, 0.25) is 0 Å². The number of nitrogens with one attached hydrogen (secondary N) is 1. The van der Waals surface area contributed by atoms with E-state index in [0.29, 0.717) is 12.6 Å². The molecule has 3 nitrogen and oxygen atoms in total. The van der Waals surface area contributed by atoms with Gasteiger partial charge in [-0.1, -0.05) is 32.1 Å². The first-order valence-corrected chi connectivity index (χ1v) is 7.52. The fourth-order valence-corrected chi connectivity index (χ4v) is 3.31. The third-order valence-corrected chi connectivity index (χ3v) is 4.45. The van der Waals surface area contributed by atoms with Crippen LogP contribution in [0.4, 0.5) is 0 Å². The fourth-order valence-electron chi connectivity index (χ4n) is 3.31. The van der Waals surface area contributed by atoms with Crippen molar-refractivity contribution in [2.24, 2.45) is 5.92 Å². The lowest BCUT2D eigenvalue weighted by Crippen LogP contribution is -2.25. The molecule has 0 bridgehead atoms. The first-order chi connectivity index (χ1) is 9.33. The van der Waals surface area contributed by atoms with Crippen LogP contribution in [0.15, 0.2) is 18.2 Å². The minimum absolute atomic E-state index is 0.279. The summed E-state index contributed by atoms with van der Waals surface area (Å²) in [5, 5.41) is 13.0. The average Bonchev–Trinajstić information content (AvgIpc) is 2.82. The SMILES string of the molecule is Oc1ccc2c(c1)OCC2NCCC1CCCCC1. The number of hydrogen-bond acceptors (Lipinski definition) is 3. The zero-order valence-corrected chi connectivity index (χ0v) is 11.4. The number of benzene rings is 1. The Balaban J connectivity index is 1.49. The monoisotopic (exact) mass is 261 g/mol. The van der Waals surface area contributed by atoms with E-state index in [4.69, 9.17) is 4.74 Å². The van der Waals surface area contributed by atoms with Gasteiger partial charge in [-0.3, -0.25) is 0 Å². The van der Waals surface area contributed by atoms with E-state index in [-0.39, 0.29) is 5.75 Å². The van der Waals surface area contributed by atoms with Gasteiger partial charge in [-0.05, 0) is 31.0 Å². The molecule has 1 aromatic rings. The van der Waals surface area contributed by atoms with Crippen molar-refractivity contribution >= 4 is 0 Å². The number of phenols is 1. The van der Waals surface area contributed by atoms with Gasteiger partial charge in [0, 0.05) is 11.6 Å². The first kappa shape index (κ1) is 12.8. The number of aromatic hydroxyl groups is 1. The summed E-state index contributed by atoms with van der Waals surface area (Å²) >= 11 is 0. The van der Waals surface area contributed by atoms with Crippen molar-refractivity contribution in [3.8, 4) is 11.5 Å². The van der Waals surface area contributed by atoms with Crippen molar-refractivity contribution in [2.75, 3.05) is 13.2 Å². The zero-order chi connectivity index (χ0) is 13.1. The molecule has 2 N–H and O–H groups in total. The van der Waals surface area contributed by atoms with Gasteiger partial charge < -0.3 is 15.2 Å². The van der Waals surface area contributed by atoms with Crippen LogP contribution < -0.4 is 10.1 Å². The summed E-state index contributed by atoms with van der Waals surface area (Å²) in [4.78, 5) is 0. The van der Waals surface area contributed by atoms with Crippen molar-refractivity contribution < 1.29 is 9.84 Å². The minimum Gasteiger partial charge on any atom is -0.508 e. The molecular weight excluding hydrogens is 238 g/mol. The second kappa shape index (κ2) is 5.83. The van der Waals surface area contributed by atoms with Crippen LogP contribution in [-0.4, -0.2) is 18.3 Å². The summed E-state index contributed by atoms with van der Waals surface area (Å²) in [5.74, 6) is 2.03. The largest absolute Gasteiger partial charge is 0.508 e. The topological polar surface area (TPSA) is 41.5 Å². The van der Waals surface area contributed by atoms with Crippen molar-refractivity contribution in [1.29, 1.82) is 0 Å². The molecule has 2 aliphatic rings. The van der Waals surface area contributed by atoms with Crippen LogP contribution in [0.3, 0.4) is 0 Å². The van der Waals surface area contributed by atoms with Crippen molar-refractivity contribution in [3.05, 3.63) is 23.8 Å². The molecule has 1 heterocycles. The molecule has 1 fully saturated rings. The van der Waals surface area contributed by atoms with Gasteiger partial charge in [-0.25, -0.2) is 0 Å². The maximum Gasteiger partial charge on any atom is 0.127 e. The molecule has 3 rings (SSSR count). The third-order valence-electron chi connectivity index (χ3n) is 4.45. The van der Waals surface area contributed by atoms with Gasteiger partial charge in [0.25, 0.3) is 0 Å². The van der Waals surface area contributed by atoms with Gasteiger partial charge in [0.2, 0.25) is 0 Å². The fraction of sp³-hybridized carbons (Fsp3) is 0.625. The van der Waals surface area contributed by atoms with Crippen LogP contribution in [0.1, 0.15) is 50.1 Å². The molecule has 0 amide bonds. The molecule has 1 aliphatic heterocycles. The van der Waals surface area contributed by atoms with Gasteiger partial charge in [-0.15, -0.1) is 0 Å². The molecule has 0 aromatic heterocycles. The molecular formula is C16H23NO2. The van der Waals surface area contributed by atoms with E-state index in [2.05, 4.69) is 5.32 Å². The number of fused-ring (bicyclic) bond motifs is 1. The summed E-state index contributed by atoms with van der Waals surface area (Å²) in [6.45, 7) is 1.75. The second-order valence-corrected chi connectivity index (χ2v) is 5.83. The van der Waals surface area contributed by atoms with Crippen molar-refractivity contribution in [2.45, 2.75) is 44.6 Å². The quantitative estimate of drug-likeness (QED) is 0.873. The predicted molar refractivity (Wildman–Crippen MR) is 75.5 cm³/mol. The molecule has 1 aromatic carbocycles. The number of ether oxygens (including phenoxy) is 1. The van der Waals surface area contributed by atoms with E-state index < -0.39 is 0 Å². The Morgan fingerprint density at radius 2 is 2.05 bits per heavy atom. The highest BCUT2D eigenvalue weighted by Gasteiger charge is 2.24. The van der Waals surface area contributed by atoms with Crippen LogP contribution in [0.5, 0.6) is 11.5 Å². The van der Waals surface area contributed by atoms with Crippen molar-refractivity contribution in [1.82, 2.24) is 5.32 Å². The third kappa shape index (κ3) is 3.03. The van der Waals surface area contributed by atoms with E-state index in [0.717, 1.165) is 18.2 Å². The van der Waals surface area contributed by atoms with Gasteiger partial charge in [0.1, 0.15) is 18.1 Å². The molecule has 104 valence electrons. The lowest BCUT2D eigenvalue weighted by molar-refractivity contribution is 0.294. The molecule has 1 aliphatic carbocycles. The molecule has 19 heavy (non-hydrogen) atoms. The Hall–Kier alpha value is -1.22. The van der Waals surface area contributed by atoms with E-state index in [1.165, 1.54) is 44.1 Å². The van der Waals surface area contributed by atoms with Gasteiger partial charge in [-0.2, -0.15) is 0 Å². The normalized spacial score (nSPS) is 23.1. The maximum absolute atomic E-state index is 9.43. The summed E-state index contributed by atoms with van der Waals surface area (Å²) in [7, 11) is 0. The maximum atomic E-state index is 9.43. The van der Waals surface area contributed by atoms with Crippen LogP contribution in [-0.2, 0) is 0 Å². The van der Waals surface area contributed by atoms with Crippen molar-refractivity contribution in [3.63, 3.8) is 0 Å². The Morgan fingerprint density at radius 1 is 1.21 bits per heavy atom. The lowest BCUT2D eigenvalue weighted by Gasteiger charge is -2.22. The average molecular weight is 261 g/mol. The zero-order valence-electron chi connectivity index (χ0n) is 11.4. The van der Waals surface area contributed by atoms with Gasteiger partial charge in [0.05, 0.1) is 6.04 Å². The summed E-state index contributed by atoms with van der Waals surface area (Å²) in [6, 6.07) is 5.71. The number of phenolic OH excluding ortho intramolecular Hbond substituents is 1. The Kier molecular flexibility index (Phi) is 3.92. The molecule has 1 unspecified atom stereocenters. The highest BCUT2D eigenvalue weighted by atomic mass is 16.5. The van der Waals surface area contributed by atoms with E-state index in [9.17, 15) is 5.11 Å². The highest BCUT2D eigenvalue weighted by molar-refractivity contribution is 5.44. The van der Waals surface area contributed by atoms with Gasteiger partial charge in [0.15, 0.2) is 0 Å². The van der Waals surface area contributed by atoms with Crippen LogP contribution >= 0.6 is 0 Å². The summed E-state index contributed by atoms with van der Waals surface area (Å²) in [5.41, 5.74) is 1.18. The predicted octanol–water partition coefficient (Wildman–Crippen LogP) is 3.39. The Bertz CT molecular complexity index is 427. The number of rotatable bonds is 4. The van der Waals surface area contributed by atoms with Gasteiger partial charge >= 0.3 is 0 Å². The van der Waals surface area contributed by atoms with E-state index >= 15 is 0 Å². The van der Waals surface area contributed by atoms with E-state index in [1.54, 1.807) is 12.1 Å². The van der Waals surface area contributed by atoms with E-state index in [1.807, 2.05) is 6.07 Å². The summed E-state index contributed by atoms with van der Waals surface area (Å²) < 4.78 is 5.61. The molecule has 3 heteroatoms. The van der Waals surface area contributed by atoms with Crippen LogP contribution in [0.25, 0.3) is 0 Å². The van der Waals surface area contributed by atoms with Crippen LogP contribution in [0, 0.1) is 5.92 Å². The smallest absolute Gasteiger partial charge is 0.127 e. The summed E-state index contributed by atoms with van der Waals surface area (Å²) in [6.07, 6.45) is 8.36. The molecule has 0 radical (unpaired) electrons. The Labute approximate surface area is 115 Å². The highest BCUT2D eigenvalue weighted by Crippen LogP contribution is 2.35. The Morgan fingerprint density at radius 3 is 2.89 bits per heavy atom. The molecule has 1 atom stereocenters. The first-order valence-electron chi connectivity index (χ1n) is 7.52. The molecule has 1 saturated carbocycles. The standard InChI is InChI=1S/C16H23NO2/c18-13-6-7-14-15(11-19-16(14)10-13)17-9-8-12-4-2-1-3-5-12/h6-7,10,12,15,17-18H,1-5,8-9,11H2.